The van der Waals surface area contributed by atoms with Gasteiger partial charge < -0.3 is 10.3 Å². The van der Waals surface area contributed by atoms with Gasteiger partial charge in [-0.3, -0.25) is 0 Å². The van der Waals surface area contributed by atoms with Crippen molar-refractivity contribution in [2.45, 2.75) is 25.3 Å². The van der Waals surface area contributed by atoms with E-state index < -0.39 is 0 Å². The van der Waals surface area contributed by atoms with Crippen LogP contribution in [0.5, 0.6) is 0 Å². The van der Waals surface area contributed by atoms with Gasteiger partial charge in [0.25, 0.3) is 0 Å². The van der Waals surface area contributed by atoms with Crippen LogP contribution in [0.2, 0.25) is 0 Å². The summed E-state index contributed by atoms with van der Waals surface area (Å²) in [5.74, 6) is 2.41. The van der Waals surface area contributed by atoms with Gasteiger partial charge in [0.2, 0.25) is 5.89 Å². The number of nitrogens with two attached hydrogens (primary N) is 1. The first kappa shape index (κ1) is 9.83. The Bertz CT molecular complexity index is 516. The normalized spacial score (nSPS) is 15.6. The molecule has 1 fully saturated rings. The molecule has 0 unspecified atom stereocenters. The molecular weight excluding hydrogens is 274 g/mol. The molecule has 2 heterocycles. The number of aromatic nitrogens is 4. The molecule has 2 N–H and O–H groups in total. The van der Waals surface area contributed by atoms with Gasteiger partial charge in [-0.1, -0.05) is 5.16 Å². The fourth-order valence-electron chi connectivity index (χ4n) is 1.47. The molecule has 3 rings (SSSR count). The van der Waals surface area contributed by atoms with Crippen molar-refractivity contribution in [1.29, 1.82) is 0 Å². The van der Waals surface area contributed by atoms with Crippen molar-refractivity contribution in [2.24, 2.45) is 0 Å². The lowest BCUT2D eigenvalue weighted by atomic mass is 10.4. The van der Waals surface area contributed by atoms with Crippen molar-refractivity contribution >= 4 is 21.7 Å². The van der Waals surface area contributed by atoms with Crippen LogP contribution in [0.15, 0.2) is 15.2 Å². The maximum atomic E-state index is 5.79. The van der Waals surface area contributed by atoms with Crippen molar-refractivity contribution in [3.8, 4) is 0 Å². The minimum atomic E-state index is 0.414. The second-order valence-corrected chi connectivity index (χ2v) is 4.71. The Balaban J connectivity index is 1.80. The molecule has 7 heteroatoms. The summed E-state index contributed by atoms with van der Waals surface area (Å²) < 4.78 is 7.53. The van der Waals surface area contributed by atoms with Gasteiger partial charge >= 0.3 is 0 Å². The van der Waals surface area contributed by atoms with Crippen LogP contribution < -0.4 is 5.73 Å². The summed E-state index contributed by atoms with van der Waals surface area (Å²) in [6, 6.07) is 0. The van der Waals surface area contributed by atoms with Crippen molar-refractivity contribution in [2.75, 3.05) is 5.73 Å². The lowest BCUT2D eigenvalue weighted by Gasteiger charge is -1.98. The van der Waals surface area contributed by atoms with E-state index in [-0.39, 0.29) is 0 Å². The molecule has 1 saturated carbocycles. The predicted octanol–water partition coefficient (Wildman–Crippen LogP) is 1.54. The van der Waals surface area contributed by atoms with Gasteiger partial charge in [0.1, 0.15) is 12.4 Å². The Hall–Kier alpha value is -1.37. The fraction of sp³-hybridized carbons (Fsp3) is 0.444. The second kappa shape index (κ2) is 3.58. The van der Waals surface area contributed by atoms with E-state index in [9.17, 15) is 0 Å². The zero-order valence-electron chi connectivity index (χ0n) is 8.43. The van der Waals surface area contributed by atoms with E-state index in [1.165, 1.54) is 0 Å². The van der Waals surface area contributed by atoms with E-state index in [2.05, 4.69) is 31.2 Å². The number of halogens is 1. The van der Waals surface area contributed by atoms with Crippen LogP contribution in [0.3, 0.4) is 0 Å². The summed E-state index contributed by atoms with van der Waals surface area (Å²) in [4.78, 5) is 4.31. The Labute approximate surface area is 99.9 Å². The van der Waals surface area contributed by atoms with Gasteiger partial charge in [-0.25, -0.2) is 4.68 Å². The second-order valence-electron chi connectivity index (χ2n) is 3.86. The number of hydrogen-bond acceptors (Lipinski definition) is 5. The molecule has 0 saturated heterocycles. The molecule has 2 aromatic heterocycles. The highest BCUT2D eigenvalue weighted by Gasteiger charge is 2.28. The molecule has 0 aliphatic heterocycles. The Morgan fingerprint density at radius 3 is 3.00 bits per heavy atom. The lowest BCUT2D eigenvalue weighted by Crippen LogP contribution is -2.06. The minimum absolute atomic E-state index is 0.414. The van der Waals surface area contributed by atoms with Crippen molar-refractivity contribution in [3.05, 3.63) is 22.4 Å². The third-order valence-corrected chi connectivity index (χ3v) is 3.16. The van der Waals surface area contributed by atoms with E-state index in [1.54, 1.807) is 10.9 Å². The Morgan fingerprint density at radius 1 is 1.56 bits per heavy atom. The smallest absolute Gasteiger partial charge is 0.248 e. The predicted molar refractivity (Wildman–Crippen MR) is 59.7 cm³/mol. The van der Waals surface area contributed by atoms with Crippen LogP contribution >= 0.6 is 15.9 Å². The summed E-state index contributed by atoms with van der Waals surface area (Å²) in [6.07, 6.45) is 3.97. The molecule has 84 valence electrons. The number of nitrogens with zero attached hydrogens (tertiary/aromatic N) is 4. The average molecular weight is 284 g/mol. The van der Waals surface area contributed by atoms with Gasteiger partial charge in [-0.15, -0.1) is 0 Å². The largest absolute Gasteiger partial charge is 0.383 e. The Kier molecular flexibility index (Phi) is 2.20. The molecule has 0 atom stereocenters. The molecule has 0 radical (unpaired) electrons. The molecular formula is C9H10BrN5O. The van der Waals surface area contributed by atoms with E-state index >= 15 is 0 Å². The fourth-order valence-corrected chi connectivity index (χ4v) is 1.76. The molecule has 0 aromatic carbocycles. The SMILES string of the molecule is Nc1c(Br)cnn1Cc1nc(C2CC2)no1. The van der Waals surface area contributed by atoms with Crippen LogP contribution in [0.1, 0.15) is 30.5 Å². The van der Waals surface area contributed by atoms with Gasteiger partial charge in [0.15, 0.2) is 5.82 Å². The molecule has 0 bridgehead atoms. The van der Waals surface area contributed by atoms with Crippen LogP contribution in [0.25, 0.3) is 0 Å². The quantitative estimate of drug-likeness (QED) is 0.924. The summed E-state index contributed by atoms with van der Waals surface area (Å²) in [7, 11) is 0. The van der Waals surface area contributed by atoms with Gasteiger partial charge in [-0.05, 0) is 28.8 Å². The number of anilines is 1. The summed E-state index contributed by atoms with van der Waals surface area (Å²) >= 11 is 3.29. The van der Waals surface area contributed by atoms with E-state index in [0.717, 1.165) is 23.1 Å². The Morgan fingerprint density at radius 2 is 2.38 bits per heavy atom. The first-order valence-corrected chi connectivity index (χ1v) is 5.82. The maximum Gasteiger partial charge on any atom is 0.248 e. The first-order chi connectivity index (χ1) is 7.74. The molecule has 0 spiro atoms. The molecule has 0 amide bonds. The van der Waals surface area contributed by atoms with Crippen LogP contribution in [0.4, 0.5) is 5.82 Å². The summed E-state index contributed by atoms with van der Waals surface area (Å²) in [5.41, 5.74) is 5.79. The molecule has 2 aromatic rings. The first-order valence-electron chi connectivity index (χ1n) is 5.03. The summed E-state index contributed by atoms with van der Waals surface area (Å²) in [5, 5.41) is 8.03. The molecule has 1 aliphatic carbocycles. The molecule has 16 heavy (non-hydrogen) atoms. The van der Waals surface area contributed by atoms with Crippen LogP contribution in [0, 0.1) is 0 Å². The number of hydrogen-bond donors (Lipinski definition) is 1. The maximum absolute atomic E-state index is 5.79. The van der Waals surface area contributed by atoms with E-state index in [4.69, 9.17) is 10.3 Å². The minimum Gasteiger partial charge on any atom is -0.383 e. The number of nitrogen functional groups attached to an aromatic ring is 1. The third-order valence-electron chi connectivity index (χ3n) is 2.54. The van der Waals surface area contributed by atoms with Crippen molar-refractivity contribution < 1.29 is 4.52 Å². The molecule has 1 aliphatic rings. The van der Waals surface area contributed by atoms with Crippen LogP contribution in [-0.2, 0) is 6.54 Å². The number of rotatable bonds is 3. The molecule has 6 nitrogen and oxygen atoms in total. The topological polar surface area (TPSA) is 82.8 Å². The van der Waals surface area contributed by atoms with Crippen molar-refractivity contribution in [3.63, 3.8) is 0 Å². The third kappa shape index (κ3) is 1.71. The average Bonchev–Trinajstić information content (AvgIpc) is 2.96. The van der Waals surface area contributed by atoms with Gasteiger partial charge in [0.05, 0.1) is 10.7 Å². The highest BCUT2D eigenvalue weighted by Crippen LogP contribution is 2.38. The van der Waals surface area contributed by atoms with E-state index in [1.807, 2.05) is 0 Å². The standard InChI is InChI=1S/C9H10BrN5O/c10-6-3-12-15(8(6)11)4-7-13-9(14-16-7)5-1-2-5/h3,5H,1-2,4,11H2. The highest BCUT2D eigenvalue weighted by atomic mass is 79.9. The van der Waals surface area contributed by atoms with Gasteiger partial charge in [0, 0.05) is 5.92 Å². The zero-order chi connectivity index (χ0) is 11.1. The highest BCUT2D eigenvalue weighted by molar-refractivity contribution is 9.10. The van der Waals surface area contributed by atoms with E-state index in [0.29, 0.717) is 24.2 Å². The summed E-state index contributed by atoms with van der Waals surface area (Å²) in [6.45, 7) is 0.414. The lowest BCUT2D eigenvalue weighted by molar-refractivity contribution is 0.362. The van der Waals surface area contributed by atoms with Crippen LogP contribution in [-0.4, -0.2) is 19.9 Å². The zero-order valence-corrected chi connectivity index (χ0v) is 10.0. The monoisotopic (exact) mass is 283 g/mol. The van der Waals surface area contributed by atoms with Crippen molar-refractivity contribution in [1.82, 2.24) is 19.9 Å². The van der Waals surface area contributed by atoms with Gasteiger partial charge in [-0.2, -0.15) is 10.1 Å².